The number of hydrogen-bond donors (Lipinski definition) is 1. The number of ether oxygens (including phenoxy) is 1. The molecule has 1 saturated heterocycles. The first-order valence-corrected chi connectivity index (χ1v) is 14.1. The van der Waals surface area contributed by atoms with Crippen LogP contribution in [0.4, 0.5) is 13.2 Å². The Labute approximate surface area is 226 Å². The van der Waals surface area contributed by atoms with Crippen LogP contribution in [0.1, 0.15) is 61.9 Å². The summed E-state index contributed by atoms with van der Waals surface area (Å²) in [6.45, 7) is 3.86. The average molecular weight is 535 g/mol. The molecule has 0 radical (unpaired) electrons. The number of nitriles is 1. The maximum Gasteiger partial charge on any atom is 0.135 e. The number of benzene rings is 2. The number of aromatic amines is 1. The predicted octanol–water partition coefficient (Wildman–Crippen LogP) is 6.04. The lowest BCUT2D eigenvalue weighted by Gasteiger charge is -2.73. The lowest BCUT2D eigenvalue weighted by molar-refractivity contribution is -0.212. The van der Waals surface area contributed by atoms with Crippen molar-refractivity contribution >= 4 is 10.9 Å². The Hall–Kier alpha value is -3.02. The molecule has 3 aliphatic carbocycles. The molecule has 3 atom stereocenters. The number of nitrogens with zero attached hydrogens (tertiary/aromatic N) is 3. The summed E-state index contributed by atoms with van der Waals surface area (Å²) >= 11 is 0. The SMILES string of the molecule is C[C@@H]1Cc2c([nH]c3ccccc23)[C@@H](c2c(F)cc(O[C@H]3CCN(CCCF)C3)cc2F)N1C12CC(C#N)(C1)C2. The molecule has 2 aliphatic heterocycles. The van der Waals surface area contributed by atoms with Gasteiger partial charge in [0.15, 0.2) is 0 Å². The minimum atomic E-state index is -0.620. The summed E-state index contributed by atoms with van der Waals surface area (Å²) < 4.78 is 50.7. The number of likely N-dealkylation sites (tertiary alicyclic amines) is 1. The molecule has 204 valence electrons. The molecule has 3 heterocycles. The van der Waals surface area contributed by atoms with Gasteiger partial charge in [0.25, 0.3) is 0 Å². The van der Waals surface area contributed by atoms with Gasteiger partial charge in [0.05, 0.1) is 24.2 Å². The van der Waals surface area contributed by atoms with Crippen molar-refractivity contribution in [1.82, 2.24) is 14.8 Å². The second kappa shape index (κ2) is 9.00. The van der Waals surface area contributed by atoms with Gasteiger partial charge in [0.2, 0.25) is 0 Å². The summed E-state index contributed by atoms with van der Waals surface area (Å²) in [6.07, 6.45) is 4.07. The molecule has 4 fully saturated rings. The molecule has 2 bridgehead atoms. The molecule has 5 aliphatic rings. The molecule has 0 unspecified atom stereocenters. The van der Waals surface area contributed by atoms with E-state index in [4.69, 9.17) is 4.74 Å². The summed E-state index contributed by atoms with van der Waals surface area (Å²) in [5, 5.41) is 10.8. The van der Waals surface area contributed by atoms with Gasteiger partial charge in [0, 0.05) is 65.5 Å². The fraction of sp³-hybridized carbons (Fsp3) is 0.516. The van der Waals surface area contributed by atoms with Gasteiger partial charge in [-0.25, -0.2) is 8.78 Å². The summed E-state index contributed by atoms with van der Waals surface area (Å²) in [7, 11) is 0. The molecule has 2 aromatic carbocycles. The van der Waals surface area contributed by atoms with Crippen molar-refractivity contribution in [3.63, 3.8) is 0 Å². The van der Waals surface area contributed by atoms with E-state index in [2.05, 4.69) is 33.8 Å². The Bertz CT molecular complexity index is 1440. The third-order valence-corrected chi connectivity index (χ3v) is 9.63. The van der Waals surface area contributed by atoms with Crippen LogP contribution < -0.4 is 4.74 Å². The zero-order chi connectivity index (χ0) is 26.9. The summed E-state index contributed by atoms with van der Waals surface area (Å²) in [5.74, 6) is -1.05. The quantitative estimate of drug-likeness (QED) is 0.402. The van der Waals surface area contributed by atoms with E-state index in [0.717, 1.165) is 60.8 Å². The standard InChI is InChI=1S/C31H33F3N4O/c1-19-11-23-22-5-2-3-6-26(22)36-28(23)29(38(19)31-15-30(16-31,17-31)18-35)27-24(33)12-21(13-25(27)34)39-20-7-10-37(14-20)9-4-8-32/h2-3,5-6,12-13,19-20,29,36H,4,7-11,14-17H2,1H3/t19-,20+,29-,30?,31?/m1/s1. The van der Waals surface area contributed by atoms with Crippen LogP contribution in [0, 0.1) is 28.4 Å². The predicted molar refractivity (Wildman–Crippen MR) is 142 cm³/mol. The number of H-pyrrole nitrogens is 1. The van der Waals surface area contributed by atoms with Crippen LogP contribution >= 0.6 is 0 Å². The van der Waals surface area contributed by atoms with E-state index < -0.39 is 17.7 Å². The molecule has 0 spiro atoms. The number of para-hydroxylation sites is 1. The highest BCUT2D eigenvalue weighted by Crippen LogP contribution is 2.72. The van der Waals surface area contributed by atoms with Gasteiger partial charge in [-0.1, -0.05) is 18.2 Å². The molecule has 39 heavy (non-hydrogen) atoms. The van der Waals surface area contributed by atoms with Gasteiger partial charge in [0.1, 0.15) is 23.5 Å². The number of nitrogens with one attached hydrogen (secondary N) is 1. The van der Waals surface area contributed by atoms with Crippen LogP contribution in [-0.2, 0) is 6.42 Å². The zero-order valence-corrected chi connectivity index (χ0v) is 22.2. The van der Waals surface area contributed by atoms with Crippen LogP contribution in [0.15, 0.2) is 36.4 Å². The maximum absolute atomic E-state index is 16.1. The molecule has 3 aromatic rings. The molecule has 1 N–H and O–H groups in total. The van der Waals surface area contributed by atoms with Gasteiger partial charge in [-0.15, -0.1) is 0 Å². The second-order valence-electron chi connectivity index (χ2n) is 12.2. The summed E-state index contributed by atoms with van der Waals surface area (Å²) in [6, 6.07) is 12.6. The van der Waals surface area contributed by atoms with Gasteiger partial charge in [-0.3, -0.25) is 14.2 Å². The van der Waals surface area contributed by atoms with Gasteiger partial charge in [-0.05, 0) is 57.1 Å². The van der Waals surface area contributed by atoms with Crippen LogP contribution in [0.5, 0.6) is 5.75 Å². The molecule has 8 heteroatoms. The van der Waals surface area contributed by atoms with E-state index in [1.165, 1.54) is 12.1 Å². The number of alkyl halides is 1. The minimum absolute atomic E-state index is 0.0356. The van der Waals surface area contributed by atoms with E-state index >= 15 is 8.78 Å². The van der Waals surface area contributed by atoms with E-state index in [-0.39, 0.29) is 41.1 Å². The van der Waals surface area contributed by atoms with Crippen molar-refractivity contribution < 1.29 is 17.9 Å². The number of rotatable bonds is 7. The van der Waals surface area contributed by atoms with Gasteiger partial charge in [-0.2, -0.15) is 5.26 Å². The minimum Gasteiger partial charge on any atom is -0.489 e. The van der Waals surface area contributed by atoms with E-state index in [1.54, 1.807) is 0 Å². The molecule has 3 saturated carbocycles. The smallest absolute Gasteiger partial charge is 0.135 e. The maximum atomic E-state index is 16.1. The Morgan fingerprint density at radius 3 is 2.62 bits per heavy atom. The number of halogens is 3. The number of hydrogen-bond acceptors (Lipinski definition) is 4. The number of aromatic nitrogens is 1. The monoisotopic (exact) mass is 534 g/mol. The van der Waals surface area contributed by atoms with Crippen molar-refractivity contribution in [3.8, 4) is 11.8 Å². The number of fused-ring (bicyclic) bond motifs is 3. The molecule has 5 nitrogen and oxygen atoms in total. The van der Waals surface area contributed by atoms with Crippen LogP contribution in [0.3, 0.4) is 0 Å². The summed E-state index contributed by atoms with van der Waals surface area (Å²) in [5.41, 5.74) is 2.46. The highest BCUT2D eigenvalue weighted by molar-refractivity contribution is 5.85. The first kappa shape index (κ1) is 25.0. The van der Waals surface area contributed by atoms with Gasteiger partial charge < -0.3 is 9.72 Å². The highest BCUT2D eigenvalue weighted by atomic mass is 19.1. The van der Waals surface area contributed by atoms with Crippen molar-refractivity contribution in [2.75, 3.05) is 26.3 Å². The molecule has 1 aromatic heterocycles. The zero-order valence-electron chi connectivity index (χ0n) is 22.2. The van der Waals surface area contributed by atoms with E-state index in [0.29, 0.717) is 19.5 Å². The Kier molecular flexibility index (Phi) is 5.77. The molecule has 8 rings (SSSR count). The molecular weight excluding hydrogens is 501 g/mol. The normalized spacial score (nSPS) is 31.9. The van der Waals surface area contributed by atoms with Crippen LogP contribution in [-0.4, -0.2) is 58.8 Å². The Morgan fingerprint density at radius 2 is 1.90 bits per heavy atom. The highest BCUT2D eigenvalue weighted by Gasteiger charge is 2.72. The van der Waals surface area contributed by atoms with E-state index in [1.807, 2.05) is 18.2 Å². The third kappa shape index (κ3) is 3.81. The Balaban J connectivity index is 1.25. The first-order valence-electron chi connectivity index (χ1n) is 14.1. The fourth-order valence-electron chi connectivity index (χ4n) is 8.08. The van der Waals surface area contributed by atoms with Crippen LogP contribution in [0.2, 0.25) is 0 Å². The topological polar surface area (TPSA) is 55.3 Å². The van der Waals surface area contributed by atoms with Crippen molar-refractivity contribution in [1.29, 1.82) is 5.26 Å². The lowest BCUT2D eigenvalue weighted by atomic mass is 9.39. The van der Waals surface area contributed by atoms with Crippen LogP contribution in [0.25, 0.3) is 10.9 Å². The third-order valence-electron chi connectivity index (χ3n) is 9.63. The lowest BCUT2D eigenvalue weighted by Crippen LogP contribution is -2.76. The first-order chi connectivity index (χ1) is 18.9. The average Bonchev–Trinajstić information content (AvgIpc) is 3.46. The van der Waals surface area contributed by atoms with Crippen molar-refractivity contribution in [2.45, 2.75) is 69.2 Å². The second-order valence-corrected chi connectivity index (χ2v) is 12.2. The van der Waals surface area contributed by atoms with E-state index in [9.17, 15) is 9.65 Å². The molecule has 0 amide bonds. The van der Waals surface area contributed by atoms with Gasteiger partial charge >= 0.3 is 0 Å². The Morgan fingerprint density at radius 1 is 1.15 bits per heavy atom. The largest absolute Gasteiger partial charge is 0.489 e. The summed E-state index contributed by atoms with van der Waals surface area (Å²) in [4.78, 5) is 7.95. The molecular formula is C31H33F3N4O. The van der Waals surface area contributed by atoms with Crippen molar-refractivity contribution in [3.05, 3.63) is 64.9 Å². The fourth-order valence-corrected chi connectivity index (χ4v) is 8.08. The van der Waals surface area contributed by atoms with Crippen molar-refractivity contribution in [2.24, 2.45) is 5.41 Å².